The summed E-state index contributed by atoms with van der Waals surface area (Å²) in [4.78, 5) is 22.4. The minimum atomic E-state index is -5.39. The van der Waals surface area contributed by atoms with E-state index >= 15 is 0 Å². The van der Waals surface area contributed by atoms with Gasteiger partial charge in [0.1, 0.15) is 0 Å². The second-order valence-corrected chi connectivity index (χ2v) is 5.48. The average molecular weight is 390 g/mol. The first-order chi connectivity index (χ1) is 12.2. The highest BCUT2D eigenvalue weighted by molar-refractivity contribution is 5.89. The average Bonchev–Trinajstić information content (AvgIpc) is 2.60. The highest BCUT2D eigenvalue weighted by Gasteiger charge is 2.69. The van der Waals surface area contributed by atoms with Crippen molar-refractivity contribution in [2.45, 2.75) is 64.2 Å². The molecular formula is C16H26F4O6. The number of unbranched alkanes of at least 4 members (excludes halogenated alkanes) is 4. The van der Waals surface area contributed by atoms with Crippen molar-refractivity contribution in [1.82, 2.24) is 0 Å². The van der Waals surface area contributed by atoms with Gasteiger partial charge in [-0.25, -0.2) is 9.59 Å². The maximum atomic E-state index is 13.5. The standard InChI is InChI=1S/C16H26F4O6/c1-3-5-7-9-23-11-25-13(21)15(17,18)16(19,20)14(22)26-12-24-10-8-6-4-2/h3-12H2,1-2H3. The molecule has 0 radical (unpaired) electrons. The predicted molar refractivity (Wildman–Crippen MR) is 82.8 cm³/mol. The number of carbonyl (C=O) groups is 2. The molecule has 0 aliphatic carbocycles. The maximum absolute atomic E-state index is 13.5. The number of ether oxygens (including phenoxy) is 4. The fourth-order valence-corrected chi connectivity index (χ4v) is 1.65. The highest BCUT2D eigenvalue weighted by atomic mass is 19.3. The van der Waals surface area contributed by atoms with Crippen molar-refractivity contribution in [3.63, 3.8) is 0 Å². The summed E-state index contributed by atoms with van der Waals surface area (Å²) in [6.07, 6.45) is 4.61. The molecular weight excluding hydrogens is 364 g/mol. The second kappa shape index (κ2) is 12.9. The Bertz CT molecular complexity index is 380. The van der Waals surface area contributed by atoms with Gasteiger partial charge in [0.2, 0.25) is 0 Å². The number of hydrogen-bond donors (Lipinski definition) is 0. The van der Waals surface area contributed by atoms with Crippen molar-refractivity contribution in [2.75, 3.05) is 26.8 Å². The zero-order chi connectivity index (χ0) is 20.1. The molecule has 0 aliphatic heterocycles. The first kappa shape index (κ1) is 24.6. The summed E-state index contributed by atoms with van der Waals surface area (Å²) in [7, 11) is 0. The highest BCUT2D eigenvalue weighted by Crippen LogP contribution is 2.36. The third kappa shape index (κ3) is 8.31. The molecule has 0 aliphatic rings. The van der Waals surface area contributed by atoms with Crippen molar-refractivity contribution >= 4 is 11.9 Å². The summed E-state index contributed by atoms with van der Waals surface area (Å²) in [5.74, 6) is -15.9. The van der Waals surface area contributed by atoms with Crippen molar-refractivity contribution in [3.8, 4) is 0 Å². The van der Waals surface area contributed by atoms with Crippen LogP contribution >= 0.6 is 0 Å². The number of carbonyl (C=O) groups excluding carboxylic acids is 2. The predicted octanol–water partition coefficient (Wildman–Crippen LogP) is 3.67. The number of halogens is 4. The van der Waals surface area contributed by atoms with Crippen LogP contribution in [0.15, 0.2) is 0 Å². The third-order valence-corrected chi connectivity index (χ3v) is 3.24. The van der Waals surface area contributed by atoms with E-state index in [1.165, 1.54) is 0 Å². The van der Waals surface area contributed by atoms with Gasteiger partial charge < -0.3 is 18.9 Å². The monoisotopic (exact) mass is 390 g/mol. The molecule has 0 spiro atoms. The Kier molecular flexibility index (Phi) is 12.2. The molecule has 0 bridgehead atoms. The van der Waals surface area contributed by atoms with Crippen molar-refractivity contribution in [3.05, 3.63) is 0 Å². The zero-order valence-electron chi connectivity index (χ0n) is 15.0. The molecule has 0 aromatic rings. The topological polar surface area (TPSA) is 71.1 Å². The summed E-state index contributed by atoms with van der Waals surface area (Å²) in [6, 6.07) is 0. The molecule has 0 aromatic heterocycles. The molecule has 0 unspecified atom stereocenters. The van der Waals surface area contributed by atoms with E-state index in [-0.39, 0.29) is 13.2 Å². The molecule has 0 heterocycles. The third-order valence-electron chi connectivity index (χ3n) is 3.24. The van der Waals surface area contributed by atoms with E-state index in [1.54, 1.807) is 0 Å². The molecule has 26 heavy (non-hydrogen) atoms. The van der Waals surface area contributed by atoms with E-state index in [2.05, 4.69) is 9.47 Å². The molecule has 0 N–H and O–H groups in total. The summed E-state index contributed by atoms with van der Waals surface area (Å²) in [5, 5.41) is 0. The van der Waals surface area contributed by atoms with Gasteiger partial charge in [0.05, 0.1) is 13.2 Å². The molecule has 10 heteroatoms. The van der Waals surface area contributed by atoms with Gasteiger partial charge in [-0.15, -0.1) is 0 Å². The lowest BCUT2D eigenvalue weighted by atomic mass is 10.2. The maximum Gasteiger partial charge on any atom is 0.415 e. The zero-order valence-corrected chi connectivity index (χ0v) is 15.0. The molecule has 6 nitrogen and oxygen atoms in total. The molecule has 0 rings (SSSR count). The van der Waals surface area contributed by atoms with Gasteiger partial charge in [-0.2, -0.15) is 17.6 Å². The quantitative estimate of drug-likeness (QED) is 0.184. The minimum absolute atomic E-state index is 0.125. The van der Waals surface area contributed by atoms with Gasteiger partial charge in [-0.1, -0.05) is 39.5 Å². The van der Waals surface area contributed by atoms with Crippen LogP contribution in [-0.2, 0) is 28.5 Å². The normalized spacial score (nSPS) is 12.1. The first-order valence-electron chi connectivity index (χ1n) is 8.47. The molecule has 0 amide bonds. The van der Waals surface area contributed by atoms with Gasteiger partial charge in [-0.05, 0) is 12.8 Å². The molecule has 0 fully saturated rings. The summed E-state index contributed by atoms with van der Waals surface area (Å²) in [6.45, 7) is 2.28. The molecule has 0 saturated heterocycles. The van der Waals surface area contributed by atoms with Gasteiger partial charge in [0.25, 0.3) is 0 Å². The van der Waals surface area contributed by atoms with Crippen LogP contribution in [-0.4, -0.2) is 50.6 Å². The smallest absolute Gasteiger partial charge is 0.415 e. The Hall–Kier alpha value is -1.42. The van der Waals surface area contributed by atoms with E-state index in [9.17, 15) is 27.2 Å². The molecule has 0 atom stereocenters. The first-order valence-corrected chi connectivity index (χ1v) is 8.47. The Labute approximate surface area is 150 Å². The largest absolute Gasteiger partial charge is 0.434 e. The van der Waals surface area contributed by atoms with Crippen molar-refractivity contribution in [2.24, 2.45) is 0 Å². The van der Waals surface area contributed by atoms with Crippen LogP contribution in [0.5, 0.6) is 0 Å². The number of alkyl halides is 4. The Morgan fingerprint density at radius 3 is 1.35 bits per heavy atom. The van der Waals surface area contributed by atoms with Crippen molar-refractivity contribution < 1.29 is 46.1 Å². The number of rotatable bonds is 15. The van der Waals surface area contributed by atoms with Gasteiger partial charge >= 0.3 is 23.8 Å². The number of hydrogen-bond acceptors (Lipinski definition) is 6. The van der Waals surface area contributed by atoms with E-state index in [0.29, 0.717) is 12.8 Å². The lowest BCUT2D eigenvalue weighted by molar-refractivity contribution is -0.246. The molecule has 154 valence electrons. The van der Waals surface area contributed by atoms with Gasteiger partial charge in [-0.3, -0.25) is 0 Å². The van der Waals surface area contributed by atoms with E-state index in [4.69, 9.17) is 9.47 Å². The van der Waals surface area contributed by atoms with Crippen LogP contribution in [0, 0.1) is 0 Å². The second-order valence-electron chi connectivity index (χ2n) is 5.48. The lowest BCUT2D eigenvalue weighted by Gasteiger charge is -2.22. The summed E-state index contributed by atoms with van der Waals surface area (Å²) in [5.41, 5.74) is 0. The Balaban J connectivity index is 4.33. The van der Waals surface area contributed by atoms with Crippen LogP contribution in [0.4, 0.5) is 17.6 Å². The van der Waals surface area contributed by atoms with Crippen LogP contribution in [0.3, 0.4) is 0 Å². The van der Waals surface area contributed by atoms with E-state index in [0.717, 1.165) is 25.7 Å². The van der Waals surface area contributed by atoms with Gasteiger partial charge in [0.15, 0.2) is 13.6 Å². The SMILES string of the molecule is CCCCCOCOC(=O)C(F)(F)C(F)(F)C(=O)OCOCCCCC. The Morgan fingerprint density at radius 1 is 0.692 bits per heavy atom. The fraction of sp³-hybridized carbons (Fsp3) is 0.875. The van der Waals surface area contributed by atoms with E-state index in [1.807, 2.05) is 13.8 Å². The van der Waals surface area contributed by atoms with Crippen LogP contribution in [0.1, 0.15) is 52.4 Å². The van der Waals surface area contributed by atoms with E-state index < -0.39 is 37.4 Å². The van der Waals surface area contributed by atoms with Gasteiger partial charge in [0, 0.05) is 0 Å². The minimum Gasteiger partial charge on any atom is -0.434 e. The number of esters is 2. The lowest BCUT2D eigenvalue weighted by Crippen LogP contribution is -2.54. The molecule has 0 aromatic carbocycles. The summed E-state index contributed by atoms with van der Waals surface area (Å²) >= 11 is 0. The Morgan fingerprint density at radius 2 is 1.04 bits per heavy atom. The fourth-order valence-electron chi connectivity index (χ4n) is 1.65. The van der Waals surface area contributed by atoms with Crippen molar-refractivity contribution in [1.29, 1.82) is 0 Å². The molecule has 0 saturated carbocycles. The van der Waals surface area contributed by atoms with Crippen LogP contribution in [0.2, 0.25) is 0 Å². The van der Waals surface area contributed by atoms with Crippen LogP contribution in [0.25, 0.3) is 0 Å². The van der Waals surface area contributed by atoms with Crippen LogP contribution < -0.4 is 0 Å². The summed E-state index contributed by atoms with van der Waals surface area (Å²) < 4.78 is 71.5.